The van der Waals surface area contributed by atoms with Gasteiger partial charge in [-0.2, -0.15) is 12.6 Å². The normalized spacial score (nSPS) is 10.5. The van der Waals surface area contributed by atoms with E-state index in [9.17, 15) is 0 Å². The highest BCUT2D eigenvalue weighted by atomic mass is 32.1. The summed E-state index contributed by atoms with van der Waals surface area (Å²) >= 11 is 4.22. The van der Waals surface area contributed by atoms with Gasteiger partial charge in [0, 0.05) is 17.7 Å². The second-order valence-electron chi connectivity index (χ2n) is 3.83. The summed E-state index contributed by atoms with van der Waals surface area (Å²) in [5.74, 6) is 2.61. The molecule has 0 atom stereocenters. The van der Waals surface area contributed by atoms with Gasteiger partial charge in [0.15, 0.2) is 0 Å². The van der Waals surface area contributed by atoms with Crippen LogP contribution in [0.1, 0.15) is 11.5 Å². The number of imidazole rings is 1. The summed E-state index contributed by atoms with van der Waals surface area (Å²) in [5.41, 5.74) is 3.04. The number of aryl methyl sites for hydroxylation is 2. The Morgan fingerprint density at radius 2 is 2.12 bits per heavy atom. The summed E-state index contributed by atoms with van der Waals surface area (Å²) in [5, 5.41) is 0. The lowest BCUT2D eigenvalue weighted by atomic mass is 10.1. The van der Waals surface area contributed by atoms with Crippen molar-refractivity contribution in [2.45, 2.75) is 13.3 Å². The van der Waals surface area contributed by atoms with Crippen molar-refractivity contribution >= 4 is 12.6 Å². The van der Waals surface area contributed by atoms with Crippen LogP contribution < -0.4 is 4.74 Å². The Morgan fingerprint density at radius 3 is 2.82 bits per heavy atom. The van der Waals surface area contributed by atoms with E-state index in [0.717, 1.165) is 40.7 Å². The number of methoxy groups -OCH3 is 1. The fraction of sp³-hybridized carbons (Fsp3) is 0.308. The summed E-state index contributed by atoms with van der Waals surface area (Å²) in [4.78, 5) is 7.87. The molecular formula is C13H16N2OS. The van der Waals surface area contributed by atoms with E-state index in [0.29, 0.717) is 0 Å². The zero-order valence-corrected chi connectivity index (χ0v) is 10.9. The van der Waals surface area contributed by atoms with Crippen LogP contribution >= 0.6 is 12.6 Å². The molecule has 0 fully saturated rings. The standard InChI is InChI=1S/C13H16N2OS/c1-9-13(15-12(14-9)7-8-17)10-5-3-4-6-11(10)16-2/h3-6,17H,7-8H2,1-2H3,(H,14,15). The molecule has 1 aromatic heterocycles. The number of aromatic amines is 1. The Labute approximate surface area is 107 Å². The molecule has 17 heavy (non-hydrogen) atoms. The molecule has 0 radical (unpaired) electrons. The van der Waals surface area contributed by atoms with Crippen molar-refractivity contribution in [2.75, 3.05) is 12.9 Å². The van der Waals surface area contributed by atoms with Crippen LogP contribution in [0.25, 0.3) is 11.3 Å². The molecule has 4 heteroatoms. The van der Waals surface area contributed by atoms with Crippen molar-refractivity contribution in [3.8, 4) is 17.0 Å². The molecule has 1 heterocycles. The van der Waals surface area contributed by atoms with Crippen LogP contribution in [-0.4, -0.2) is 22.8 Å². The summed E-state index contributed by atoms with van der Waals surface area (Å²) < 4.78 is 5.35. The monoisotopic (exact) mass is 248 g/mol. The molecule has 0 saturated heterocycles. The van der Waals surface area contributed by atoms with Gasteiger partial charge in [-0.15, -0.1) is 0 Å². The molecule has 1 aromatic carbocycles. The molecule has 3 nitrogen and oxygen atoms in total. The minimum Gasteiger partial charge on any atom is -0.496 e. The van der Waals surface area contributed by atoms with Crippen molar-refractivity contribution in [1.29, 1.82) is 0 Å². The van der Waals surface area contributed by atoms with Crippen LogP contribution in [0.2, 0.25) is 0 Å². The first kappa shape index (κ1) is 12.0. The summed E-state index contributed by atoms with van der Waals surface area (Å²) in [6.45, 7) is 2.02. The molecule has 1 N–H and O–H groups in total. The van der Waals surface area contributed by atoms with Crippen LogP contribution in [0.15, 0.2) is 24.3 Å². The molecule has 2 rings (SSSR count). The van der Waals surface area contributed by atoms with Crippen LogP contribution in [0.4, 0.5) is 0 Å². The average Bonchev–Trinajstić information content (AvgIpc) is 2.70. The van der Waals surface area contributed by atoms with Crippen LogP contribution in [0, 0.1) is 6.92 Å². The molecule has 0 aliphatic rings. The van der Waals surface area contributed by atoms with E-state index < -0.39 is 0 Å². The molecule has 0 aliphatic heterocycles. The van der Waals surface area contributed by atoms with Gasteiger partial charge in [0.1, 0.15) is 11.6 Å². The quantitative estimate of drug-likeness (QED) is 0.816. The number of rotatable bonds is 4. The maximum absolute atomic E-state index is 5.35. The Morgan fingerprint density at radius 1 is 1.35 bits per heavy atom. The Bertz CT molecular complexity index is 508. The first-order valence-electron chi connectivity index (χ1n) is 5.56. The van der Waals surface area contributed by atoms with Crippen LogP contribution in [-0.2, 0) is 6.42 Å². The number of H-pyrrole nitrogens is 1. The zero-order chi connectivity index (χ0) is 12.3. The number of para-hydroxylation sites is 1. The van der Waals surface area contributed by atoms with Crippen LogP contribution in [0.5, 0.6) is 5.75 Å². The van der Waals surface area contributed by atoms with Crippen molar-refractivity contribution in [1.82, 2.24) is 9.97 Å². The third-order valence-corrected chi connectivity index (χ3v) is 2.87. The van der Waals surface area contributed by atoms with Gasteiger partial charge in [-0.3, -0.25) is 0 Å². The summed E-state index contributed by atoms with van der Waals surface area (Å²) in [7, 11) is 1.68. The highest BCUT2D eigenvalue weighted by Gasteiger charge is 2.12. The van der Waals surface area contributed by atoms with Gasteiger partial charge in [-0.1, -0.05) is 12.1 Å². The topological polar surface area (TPSA) is 37.9 Å². The zero-order valence-electron chi connectivity index (χ0n) is 10.0. The molecule has 0 unspecified atom stereocenters. The number of thiol groups is 1. The van der Waals surface area contributed by atoms with Gasteiger partial charge in [0.25, 0.3) is 0 Å². The smallest absolute Gasteiger partial charge is 0.128 e. The average molecular weight is 248 g/mol. The number of ether oxygens (including phenoxy) is 1. The molecule has 0 saturated carbocycles. The van der Waals surface area contributed by atoms with E-state index in [1.54, 1.807) is 7.11 Å². The molecule has 90 valence electrons. The predicted molar refractivity (Wildman–Crippen MR) is 72.9 cm³/mol. The fourth-order valence-corrected chi connectivity index (χ4v) is 2.06. The lowest BCUT2D eigenvalue weighted by Crippen LogP contribution is -1.90. The van der Waals surface area contributed by atoms with E-state index in [1.165, 1.54) is 0 Å². The molecule has 2 aromatic rings. The van der Waals surface area contributed by atoms with E-state index in [-0.39, 0.29) is 0 Å². The molecule has 0 aliphatic carbocycles. The maximum Gasteiger partial charge on any atom is 0.128 e. The SMILES string of the molecule is COc1ccccc1-c1nc(CCS)[nH]c1C. The van der Waals surface area contributed by atoms with Crippen molar-refractivity contribution in [2.24, 2.45) is 0 Å². The molecule has 0 spiro atoms. The minimum atomic E-state index is 0.790. The number of aromatic nitrogens is 2. The van der Waals surface area contributed by atoms with E-state index in [1.807, 2.05) is 31.2 Å². The molecule has 0 bridgehead atoms. The van der Waals surface area contributed by atoms with Gasteiger partial charge >= 0.3 is 0 Å². The van der Waals surface area contributed by atoms with Crippen molar-refractivity contribution in [3.05, 3.63) is 35.8 Å². The second-order valence-corrected chi connectivity index (χ2v) is 4.28. The van der Waals surface area contributed by atoms with E-state index in [4.69, 9.17) is 4.74 Å². The third kappa shape index (κ3) is 2.47. The number of hydrogen-bond donors (Lipinski definition) is 2. The number of hydrogen-bond acceptors (Lipinski definition) is 3. The second kappa shape index (κ2) is 5.27. The Hall–Kier alpha value is -1.42. The number of benzene rings is 1. The van der Waals surface area contributed by atoms with Gasteiger partial charge in [0.05, 0.1) is 12.8 Å². The lowest BCUT2D eigenvalue weighted by molar-refractivity contribution is 0.416. The number of nitrogens with one attached hydrogen (secondary N) is 1. The van der Waals surface area contributed by atoms with E-state index >= 15 is 0 Å². The third-order valence-electron chi connectivity index (χ3n) is 2.64. The highest BCUT2D eigenvalue weighted by molar-refractivity contribution is 7.80. The van der Waals surface area contributed by atoms with Crippen LogP contribution in [0.3, 0.4) is 0 Å². The Balaban J connectivity index is 2.45. The molecular weight excluding hydrogens is 232 g/mol. The van der Waals surface area contributed by atoms with Gasteiger partial charge < -0.3 is 9.72 Å². The van der Waals surface area contributed by atoms with Crippen molar-refractivity contribution in [3.63, 3.8) is 0 Å². The van der Waals surface area contributed by atoms with Gasteiger partial charge in [-0.25, -0.2) is 4.98 Å². The number of nitrogens with zero attached hydrogens (tertiary/aromatic N) is 1. The first-order chi connectivity index (χ1) is 8.26. The summed E-state index contributed by atoms with van der Waals surface area (Å²) in [6.07, 6.45) is 0.846. The minimum absolute atomic E-state index is 0.790. The summed E-state index contributed by atoms with van der Waals surface area (Å²) in [6, 6.07) is 7.91. The fourth-order valence-electron chi connectivity index (χ4n) is 1.85. The van der Waals surface area contributed by atoms with Crippen molar-refractivity contribution < 1.29 is 4.74 Å². The first-order valence-corrected chi connectivity index (χ1v) is 6.19. The highest BCUT2D eigenvalue weighted by Crippen LogP contribution is 2.30. The van der Waals surface area contributed by atoms with E-state index in [2.05, 4.69) is 22.6 Å². The van der Waals surface area contributed by atoms with Gasteiger partial charge in [-0.05, 0) is 24.8 Å². The lowest BCUT2D eigenvalue weighted by Gasteiger charge is -2.06. The Kier molecular flexibility index (Phi) is 3.74. The largest absolute Gasteiger partial charge is 0.496 e. The maximum atomic E-state index is 5.35. The van der Waals surface area contributed by atoms with Gasteiger partial charge in [0.2, 0.25) is 0 Å². The predicted octanol–water partition coefficient (Wildman–Crippen LogP) is 2.87. The molecule has 0 amide bonds.